The normalized spacial score (nSPS) is 10.8. The number of benzene rings is 2. The minimum Gasteiger partial charge on any atom is -0.839 e. The molecule has 0 radical (unpaired) electrons. The van der Waals surface area contributed by atoms with Crippen LogP contribution in [-0.4, -0.2) is 0 Å². The van der Waals surface area contributed by atoms with Gasteiger partial charge in [0.1, 0.15) is 0 Å². The second-order valence-electron chi connectivity index (χ2n) is 3.57. The Morgan fingerprint density at radius 2 is 1.56 bits per heavy atom. The summed E-state index contributed by atoms with van der Waals surface area (Å²) in [7, 11) is 0. The molecule has 0 aliphatic heterocycles. The van der Waals surface area contributed by atoms with E-state index in [0.29, 0.717) is 10.6 Å². The van der Waals surface area contributed by atoms with Gasteiger partial charge in [0, 0.05) is 10.6 Å². The third-order valence-corrected chi connectivity index (χ3v) is 2.55. The Labute approximate surface area is 124 Å². The van der Waals surface area contributed by atoms with Crippen molar-refractivity contribution in [3.05, 3.63) is 70.7 Å². The monoisotopic (exact) mass is 248 g/mol. The number of rotatable bonds is 1. The predicted octanol–water partition coefficient (Wildman–Crippen LogP) is -0.203. The summed E-state index contributed by atoms with van der Waals surface area (Å²) in [4.78, 5) is 0. The third-order valence-electron chi connectivity index (χ3n) is 2.29. The van der Waals surface area contributed by atoms with Gasteiger partial charge in [-0.15, -0.1) is 5.92 Å². The molecule has 0 aliphatic rings. The van der Waals surface area contributed by atoms with Gasteiger partial charge in [0.25, 0.3) is 0 Å². The summed E-state index contributed by atoms with van der Waals surface area (Å²) < 4.78 is 0. The van der Waals surface area contributed by atoms with Gasteiger partial charge in [-0.05, 0) is 35.9 Å². The fourth-order valence-corrected chi connectivity index (χ4v) is 1.52. The molecule has 1 atom stereocenters. The van der Waals surface area contributed by atoms with E-state index < -0.39 is 6.10 Å². The van der Waals surface area contributed by atoms with E-state index in [-0.39, 0.29) is 18.9 Å². The molecule has 0 aliphatic carbocycles. The summed E-state index contributed by atoms with van der Waals surface area (Å²) in [5.74, 6) is 5.55. The molecule has 0 bridgehead atoms. The van der Waals surface area contributed by atoms with E-state index in [1.165, 1.54) is 0 Å². The summed E-state index contributed by atoms with van der Waals surface area (Å²) in [6.07, 6.45) is -1.03. The van der Waals surface area contributed by atoms with Crippen LogP contribution in [0.5, 0.6) is 0 Å². The summed E-state index contributed by atoms with van der Waals surface area (Å²) in [5.41, 5.74) is 1.49. The average Bonchev–Trinajstić information content (AvgIpc) is 2.38. The molecule has 84 valence electrons. The van der Waals surface area contributed by atoms with Crippen molar-refractivity contribution < 1.29 is 24.0 Å². The maximum atomic E-state index is 11.8. The fraction of sp³-hybridized carbons (Fsp3) is 0.0667. The molecule has 18 heavy (non-hydrogen) atoms. The van der Waals surface area contributed by atoms with Crippen molar-refractivity contribution in [2.45, 2.75) is 6.10 Å². The zero-order valence-corrected chi connectivity index (χ0v) is 10.8. The number of hydrogen-bond acceptors (Lipinski definition) is 1. The molecule has 0 saturated heterocycles. The van der Waals surface area contributed by atoms with Crippen LogP contribution >= 0.6 is 11.6 Å². The van der Waals surface area contributed by atoms with Crippen LogP contribution in [0.3, 0.4) is 0 Å². The molecule has 2 rings (SSSR count). The molecule has 0 amide bonds. The molecule has 1 unspecified atom stereocenters. The first kappa shape index (κ1) is 14.9. The third kappa shape index (κ3) is 4.26. The largest absolute Gasteiger partial charge is 1.00 e. The van der Waals surface area contributed by atoms with Crippen LogP contribution in [0.4, 0.5) is 0 Å². The van der Waals surface area contributed by atoms with Crippen molar-refractivity contribution >= 4 is 11.6 Å². The van der Waals surface area contributed by atoms with Crippen molar-refractivity contribution in [2.75, 3.05) is 0 Å². The van der Waals surface area contributed by atoms with Gasteiger partial charge in [-0.25, -0.2) is 0 Å². The van der Waals surface area contributed by atoms with E-state index in [2.05, 4.69) is 11.8 Å². The van der Waals surface area contributed by atoms with E-state index in [0.717, 1.165) is 5.56 Å². The van der Waals surface area contributed by atoms with Crippen molar-refractivity contribution in [1.82, 2.24) is 0 Å². The molecule has 3 heteroatoms. The van der Waals surface area contributed by atoms with Crippen molar-refractivity contribution in [2.24, 2.45) is 0 Å². The topological polar surface area (TPSA) is 23.1 Å². The Hall–Kier alpha value is -1.15. The summed E-state index contributed by atoms with van der Waals surface area (Å²) >= 11 is 5.75. The molecule has 0 fully saturated rings. The molecule has 2 aromatic carbocycles. The molecular weight excluding hydrogens is 239 g/mol. The second kappa shape index (κ2) is 7.32. The standard InChI is InChI=1S/C15H10ClO.Li/c16-14-9-7-13(8-10-14)15(17)11-6-12-4-2-1-3-5-12;/h1-5,7-10,15H;/q-1;+1. The van der Waals surface area contributed by atoms with Crippen molar-refractivity contribution in [3.63, 3.8) is 0 Å². The van der Waals surface area contributed by atoms with E-state index in [1.54, 1.807) is 24.3 Å². The molecule has 0 spiro atoms. The van der Waals surface area contributed by atoms with Crippen LogP contribution in [0.25, 0.3) is 0 Å². The molecule has 0 aromatic heterocycles. The molecular formula is C15H10ClLiO. The number of halogens is 1. The van der Waals surface area contributed by atoms with Gasteiger partial charge >= 0.3 is 18.9 Å². The maximum absolute atomic E-state index is 11.8. The smallest absolute Gasteiger partial charge is 0.839 e. The molecule has 0 saturated carbocycles. The molecule has 1 nitrogen and oxygen atoms in total. The fourth-order valence-electron chi connectivity index (χ4n) is 1.39. The van der Waals surface area contributed by atoms with Crippen LogP contribution in [0.15, 0.2) is 54.6 Å². The van der Waals surface area contributed by atoms with Crippen LogP contribution in [0.2, 0.25) is 5.02 Å². The molecule has 0 heterocycles. The minimum absolute atomic E-state index is 0. The first-order chi connectivity index (χ1) is 8.25. The minimum atomic E-state index is -1.03. The number of hydrogen-bond donors (Lipinski definition) is 0. The zero-order chi connectivity index (χ0) is 12.1. The summed E-state index contributed by atoms with van der Waals surface area (Å²) in [6, 6.07) is 16.3. The van der Waals surface area contributed by atoms with Crippen LogP contribution in [0, 0.1) is 11.8 Å². The van der Waals surface area contributed by atoms with Crippen LogP contribution in [0.1, 0.15) is 17.2 Å². The van der Waals surface area contributed by atoms with Crippen molar-refractivity contribution in [1.29, 1.82) is 0 Å². The van der Waals surface area contributed by atoms with Crippen LogP contribution in [-0.2, 0) is 0 Å². The zero-order valence-electron chi connectivity index (χ0n) is 10.1. The van der Waals surface area contributed by atoms with Gasteiger partial charge in [0.15, 0.2) is 0 Å². The Morgan fingerprint density at radius 3 is 2.17 bits per heavy atom. The molecule has 0 N–H and O–H groups in total. The Morgan fingerprint density at radius 1 is 0.944 bits per heavy atom. The Bertz CT molecular complexity index is 540. The van der Waals surface area contributed by atoms with Gasteiger partial charge in [0.2, 0.25) is 0 Å². The second-order valence-corrected chi connectivity index (χ2v) is 4.00. The van der Waals surface area contributed by atoms with Gasteiger partial charge in [-0.2, -0.15) is 0 Å². The van der Waals surface area contributed by atoms with Gasteiger partial charge in [-0.1, -0.05) is 47.9 Å². The van der Waals surface area contributed by atoms with Gasteiger partial charge < -0.3 is 5.11 Å². The Balaban J connectivity index is 0.00000162. The predicted molar refractivity (Wildman–Crippen MR) is 67.5 cm³/mol. The summed E-state index contributed by atoms with van der Waals surface area (Å²) in [6.45, 7) is 0. The quantitative estimate of drug-likeness (QED) is 0.506. The van der Waals surface area contributed by atoms with Gasteiger partial charge in [-0.3, -0.25) is 0 Å². The van der Waals surface area contributed by atoms with Gasteiger partial charge in [0.05, 0.1) is 0 Å². The first-order valence-corrected chi connectivity index (χ1v) is 5.61. The van der Waals surface area contributed by atoms with E-state index in [1.807, 2.05) is 30.3 Å². The van der Waals surface area contributed by atoms with E-state index in [4.69, 9.17) is 11.6 Å². The van der Waals surface area contributed by atoms with E-state index in [9.17, 15) is 5.11 Å². The maximum Gasteiger partial charge on any atom is 1.00 e. The average molecular weight is 249 g/mol. The van der Waals surface area contributed by atoms with E-state index >= 15 is 0 Å². The van der Waals surface area contributed by atoms with Crippen molar-refractivity contribution in [3.8, 4) is 11.8 Å². The first-order valence-electron chi connectivity index (χ1n) is 5.23. The molecule has 2 aromatic rings. The SMILES string of the molecule is [Li+].[O-]C(C#Cc1ccccc1)c1ccc(Cl)cc1. The summed E-state index contributed by atoms with van der Waals surface area (Å²) in [5, 5.41) is 12.4. The van der Waals surface area contributed by atoms with Crippen LogP contribution < -0.4 is 24.0 Å². The Kier molecular flexibility index (Phi) is 6.06.